The van der Waals surface area contributed by atoms with Gasteiger partial charge in [-0.15, -0.1) is 0 Å². The van der Waals surface area contributed by atoms with Crippen LogP contribution in [-0.2, 0) is 33.3 Å². The number of ether oxygens (including phenoxy) is 5. The average Bonchev–Trinajstić information content (AvgIpc) is 3.72. The molecule has 0 radical (unpaired) electrons. The van der Waals surface area contributed by atoms with Gasteiger partial charge in [0.1, 0.15) is 46.7 Å². The van der Waals surface area contributed by atoms with Crippen LogP contribution in [0.5, 0.6) is 0 Å². The first-order valence-electron chi connectivity index (χ1n) is 20.8. The summed E-state index contributed by atoms with van der Waals surface area (Å²) >= 11 is 0. The van der Waals surface area contributed by atoms with Crippen molar-refractivity contribution in [2.75, 3.05) is 42.5 Å². The van der Waals surface area contributed by atoms with Crippen LogP contribution in [0, 0.1) is 11.6 Å². The fourth-order valence-electron chi connectivity index (χ4n) is 6.17. The molecule has 65 heavy (non-hydrogen) atoms. The van der Waals surface area contributed by atoms with Crippen molar-refractivity contribution in [3.05, 3.63) is 48.0 Å². The van der Waals surface area contributed by atoms with Crippen LogP contribution in [0.4, 0.5) is 44.1 Å². The molecule has 2 aromatic rings. The van der Waals surface area contributed by atoms with E-state index in [-0.39, 0.29) is 79.9 Å². The van der Waals surface area contributed by atoms with Gasteiger partial charge in [0.15, 0.2) is 0 Å². The molecular formula is C43H58F2N8O12. The van der Waals surface area contributed by atoms with Crippen molar-refractivity contribution < 1.29 is 66.0 Å². The molecule has 0 spiro atoms. The van der Waals surface area contributed by atoms with E-state index in [9.17, 15) is 33.6 Å². The number of alkyl carbamates (subject to hydrolysis) is 3. The summed E-state index contributed by atoms with van der Waals surface area (Å²) in [6.45, 7) is 16.0. The van der Waals surface area contributed by atoms with Crippen LogP contribution >= 0.6 is 0 Å². The minimum atomic E-state index is -1.18. The van der Waals surface area contributed by atoms with E-state index in [1.165, 1.54) is 36.1 Å². The maximum Gasteiger partial charge on any atom is 0.414 e. The second-order valence-corrected chi connectivity index (χ2v) is 18.1. The molecular weight excluding hydrogens is 859 g/mol. The largest absolute Gasteiger partial charge is 0.444 e. The maximum absolute atomic E-state index is 15.6. The molecule has 4 rings (SSSR count). The van der Waals surface area contributed by atoms with Crippen molar-refractivity contribution >= 4 is 59.6 Å². The fourth-order valence-corrected chi connectivity index (χ4v) is 6.17. The number of anilines is 2. The number of amides is 7. The van der Waals surface area contributed by atoms with Gasteiger partial charge in [-0.2, -0.15) is 0 Å². The van der Waals surface area contributed by atoms with Gasteiger partial charge in [0.05, 0.1) is 37.6 Å². The molecule has 0 aromatic heterocycles. The Bertz CT molecular complexity index is 2120. The van der Waals surface area contributed by atoms with Crippen LogP contribution < -0.4 is 36.4 Å². The lowest BCUT2D eigenvalue weighted by Crippen LogP contribution is -2.50. The van der Waals surface area contributed by atoms with Gasteiger partial charge in [0.2, 0.25) is 17.8 Å². The monoisotopic (exact) mass is 916 g/mol. The van der Waals surface area contributed by atoms with Gasteiger partial charge in [0.25, 0.3) is 0 Å². The quantitative estimate of drug-likeness (QED) is 0.0713. The number of guanidine groups is 1. The highest BCUT2D eigenvalue weighted by atomic mass is 19.1. The fraction of sp³-hybridized carbons (Fsp3) is 0.535. The Kier molecular flexibility index (Phi) is 16.7. The first kappa shape index (κ1) is 50.9. The molecule has 0 aliphatic carbocycles. The molecule has 0 bridgehead atoms. The van der Waals surface area contributed by atoms with E-state index in [1.54, 1.807) is 62.3 Å². The van der Waals surface area contributed by atoms with Crippen LogP contribution in [0.2, 0.25) is 0 Å². The number of aliphatic imine (C=N–C) groups is 1. The second-order valence-electron chi connectivity index (χ2n) is 18.1. The highest BCUT2D eigenvalue weighted by Gasteiger charge is 2.35. The molecule has 2 aliphatic heterocycles. The summed E-state index contributed by atoms with van der Waals surface area (Å²) in [5.41, 5.74) is -2.57. The third-order valence-electron chi connectivity index (χ3n) is 8.82. The average molecular weight is 917 g/mol. The molecule has 2 heterocycles. The van der Waals surface area contributed by atoms with Gasteiger partial charge >= 0.3 is 30.5 Å². The van der Waals surface area contributed by atoms with Crippen LogP contribution in [-0.4, -0.2) is 116 Å². The van der Waals surface area contributed by atoms with Crippen molar-refractivity contribution in [2.24, 2.45) is 4.99 Å². The summed E-state index contributed by atoms with van der Waals surface area (Å²) in [6, 6.07) is 6.36. The van der Waals surface area contributed by atoms with Gasteiger partial charge in [-0.1, -0.05) is 0 Å². The molecule has 2 fully saturated rings. The molecule has 0 unspecified atom stereocenters. The lowest BCUT2D eigenvalue weighted by Gasteiger charge is -2.24. The van der Waals surface area contributed by atoms with E-state index in [1.807, 2.05) is 0 Å². The lowest BCUT2D eigenvalue weighted by molar-refractivity contribution is -0.123. The second kappa shape index (κ2) is 21.3. The highest BCUT2D eigenvalue weighted by molar-refractivity contribution is 6.01. The number of nitrogens with one attached hydrogen (secondary N) is 5. The van der Waals surface area contributed by atoms with Crippen molar-refractivity contribution in [1.82, 2.24) is 26.6 Å². The zero-order valence-electron chi connectivity index (χ0n) is 38.1. The molecule has 2 saturated heterocycles. The lowest BCUT2D eigenvalue weighted by atomic mass is 10.0. The summed E-state index contributed by atoms with van der Waals surface area (Å²) in [6.07, 6.45) is -5.64. The number of nitrogens with zero attached hydrogens (tertiary/aromatic N) is 3. The number of benzene rings is 2. The predicted molar refractivity (Wildman–Crippen MR) is 232 cm³/mol. The Balaban J connectivity index is 1.39. The summed E-state index contributed by atoms with van der Waals surface area (Å²) in [5.74, 6) is -2.93. The third-order valence-corrected chi connectivity index (χ3v) is 8.82. The van der Waals surface area contributed by atoms with E-state index in [2.05, 4.69) is 31.6 Å². The van der Waals surface area contributed by atoms with E-state index < -0.39 is 83.1 Å². The van der Waals surface area contributed by atoms with Gasteiger partial charge < -0.3 is 39.6 Å². The van der Waals surface area contributed by atoms with Crippen LogP contribution in [0.25, 0.3) is 11.1 Å². The van der Waals surface area contributed by atoms with Crippen molar-refractivity contribution in [1.29, 1.82) is 0 Å². The van der Waals surface area contributed by atoms with E-state index in [0.29, 0.717) is 0 Å². The van der Waals surface area contributed by atoms with Crippen LogP contribution in [0.1, 0.15) is 82.1 Å². The number of halogens is 2. The number of carbonyl (C=O) groups excluding carboxylic acids is 7. The standard InChI is InChI=1S/C43H58F2N8O12/c1-24(54)47-20-27-22-52(39(59)61-27)25-13-15-29(31(44)18-25)30-16-14-26(19-32(30)45)53-23-28(62-40(53)60)21-48-34(55)33(49-36(56)63-41(2,3)4)12-11-17-46-35(50-37(57)64-42(5,6)7)51-38(58)65-43(8,9)10/h13-16,18-19,27-28,33H,11-12,17,20-23H2,1-10H3,(H,47,54)(H,48,55)(H,49,56)(H2,46,50,51,57,58)/t27-,28+,33+/m1/s1. The molecule has 3 atom stereocenters. The topological polar surface area (TPSA) is 245 Å². The molecule has 5 N–H and O–H groups in total. The number of carbonyl (C=O) groups is 7. The number of rotatable bonds is 13. The smallest absolute Gasteiger partial charge is 0.414 e. The molecule has 20 nitrogen and oxygen atoms in total. The highest BCUT2D eigenvalue weighted by Crippen LogP contribution is 2.33. The van der Waals surface area contributed by atoms with E-state index in [0.717, 1.165) is 17.0 Å². The van der Waals surface area contributed by atoms with Gasteiger partial charge in [-0.05, 0) is 112 Å². The Morgan fingerprint density at radius 2 is 1.14 bits per heavy atom. The minimum Gasteiger partial charge on any atom is -0.444 e. The number of cyclic esters (lactones) is 2. The zero-order valence-corrected chi connectivity index (χ0v) is 38.1. The van der Waals surface area contributed by atoms with Crippen molar-refractivity contribution in [2.45, 2.75) is 117 Å². The summed E-state index contributed by atoms with van der Waals surface area (Å²) in [5, 5.41) is 12.5. The number of hydrogen-bond acceptors (Lipinski definition) is 13. The third kappa shape index (κ3) is 16.4. The Morgan fingerprint density at radius 1 is 0.708 bits per heavy atom. The first-order chi connectivity index (χ1) is 30.2. The maximum atomic E-state index is 15.6. The number of hydrogen-bond donors (Lipinski definition) is 5. The van der Waals surface area contributed by atoms with Crippen molar-refractivity contribution in [3.8, 4) is 11.1 Å². The van der Waals surface area contributed by atoms with Gasteiger partial charge in [-0.3, -0.25) is 35.0 Å². The molecule has 0 saturated carbocycles. The summed E-state index contributed by atoms with van der Waals surface area (Å²) < 4.78 is 57.5. The van der Waals surface area contributed by atoms with Crippen LogP contribution in [0.15, 0.2) is 41.4 Å². The molecule has 2 aliphatic rings. The summed E-state index contributed by atoms with van der Waals surface area (Å²) in [4.78, 5) is 94.4. The van der Waals surface area contributed by atoms with E-state index in [4.69, 9.17) is 23.7 Å². The normalized spacial score (nSPS) is 16.7. The van der Waals surface area contributed by atoms with Gasteiger partial charge in [-0.25, -0.2) is 32.8 Å². The molecule has 22 heteroatoms. The van der Waals surface area contributed by atoms with E-state index >= 15 is 8.78 Å². The minimum absolute atomic E-state index is 0.00253. The van der Waals surface area contributed by atoms with Gasteiger partial charge in [0, 0.05) is 24.6 Å². The molecule has 7 amide bonds. The first-order valence-corrected chi connectivity index (χ1v) is 20.8. The SMILES string of the molecule is CC(=O)NC[C@@H]1CN(c2ccc(-c3ccc(N4C[C@H](CNC(=O)[C@H](CCCN=C(NC(=O)OC(C)(C)C)NC(=O)OC(C)(C)C)NC(=O)OC(C)(C)C)OC4=O)cc3F)c(F)c2)C(=O)O1. The van der Waals surface area contributed by atoms with Crippen LogP contribution in [0.3, 0.4) is 0 Å². The molecule has 2 aromatic carbocycles. The Morgan fingerprint density at radius 3 is 1.55 bits per heavy atom. The Labute approximate surface area is 375 Å². The zero-order chi connectivity index (χ0) is 48.4. The summed E-state index contributed by atoms with van der Waals surface area (Å²) in [7, 11) is 0. The molecule has 356 valence electrons. The Hall–Kier alpha value is -6.74. The van der Waals surface area contributed by atoms with Crippen molar-refractivity contribution in [3.63, 3.8) is 0 Å². The predicted octanol–water partition coefficient (Wildman–Crippen LogP) is 5.61.